The molecular formula is C16H19N5. The topological polar surface area (TPSA) is 61.7 Å². The second-order valence-electron chi connectivity index (χ2n) is 5.18. The summed E-state index contributed by atoms with van der Waals surface area (Å²) in [5, 5.41) is 9.24. The first kappa shape index (κ1) is 13.6. The van der Waals surface area contributed by atoms with Crippen LogP contribution in [0.4, 0.5) is 0 Å². The number of nitrogens with two attached hydrogens (primary N) is 1. The van der Waals surface area contributed by atoms with Crippen molar-refractivity contribution in [3.05, 3.63) is 59.0 Å². The van der Waals surface area contributed by atoms with Gasteiger partial charge >= 0.3 is 0 Å². The minimum atomic E-state index is 0.437. The fourth-order valence-corrected chi connectivity index (χ4v) is 2.60. The molecule has 2 N–H and O–H groups in total. The highest BCUT2D eigenvalue weighted by atomic mass is 15.4. The van der Waals surface area contributed by atoms with Gasteiger partial charge in [-0.2, -0.15) is 10.2 Å². The molecule has 0 radical (unpaired) electrons. The Hall–Kier alpha value is -2.40. The van der Waals surface area contributed by atoms with Crippen molar-refractivity contribution in [3.63, 3.8) is 0 Å². The Kier molecular flexibility index (Phi) is 3.35. The fourth-order valence-electron chi connectivity index (χ4n) is 2.60. The van der Waals surface area contributed by atoms with E-state index in [4.69, 9.17) is 5.73 Å². The van der Waals surface area contributed by atoms with Gasteiger partial charge in [-0.25, -0.2) is 9.36 Å². The molecule has 0 amide bonds. The molecule has 0 aliphatic carbocycles. The van der Waals surface area contributed by atoms with E-state index in [0.29, 0.717) is 6.54 Å². The van der Waals surface area contributed by atoms with Gasteiger partial charge in [-0.05, 0) is 39.0 Å². The first-order valence-electron chi connectivity index (χ1n) is 6.99. The van der Waals surface area contributed by atoms with Crippen molar-refractivity contribution >= 4 is 0 Å². The summed E-state index contributed by atoms with van der Waals surface area (Å²) in [7, 11) is 0. The summed E-state index contributed by atoms with van der Waals surface area (Å²) in [6, 6.07) is 12.1. The number of hydrogen-bond donors (Lipinski definition) is 1. The predicted octanol–water partition coefficient (Wildman–Crippen LogP) is 2.44. The zero-order valence-electron chi connectivity index (χ0n) is 12.5. The van der Waals surface area contributed by atoms with E-state index in [-0.39, 0.29) is 0 Å². The lowest BCUT2D eigenvalue weighted by atomic mass is 10.2. The van der Waals surface area contributed by atoms with E-state index in [2.05, 4.69) is 16.3 Å². The van der Waals surface area contributed by atoms with Crippen molar-refractivity contribution < 1.29 is 0 Å². The average molecular weight is 281 g/mol. The first-order valence-corrected chi connectivity index (χ1v) is 6.99. The Balaban J connectivity index is 2.30. The summed E-state index contributed by atoms with van der Waals surface area (Å²) >= 11 is 0. The van der Waals surface area contributed by atoms with Crippen molar-refractivity contribution in [2.75, 3.05) is 0 Å². The Morgan fingerprint density at radius 3 is 2.29 bits per heavy atom. The van der Waals surface area contributed by atoms with Crippen molar-refractivity contribution in [2.45, 2.75) is 27.3 Å². The van der Waals surface area contributed by atoms with E-state index in [1.54, 1.807) is 0 Å². The van der Waals surface area contributed by atoms with Crippen LogP contribution in [0.3, 0.4) is 0 Å². The molecule has 0 aliphatic heterocycles. The van der Waals surface area contributed by atoms with Crippen LogP contribution in [0.15, 0.2) is 36.4 Å². The molecule has 0 spiro atoms. The third-order valence-corrected chi connectivity index (χ3v) is 3.57. The van der Waals surface area contributed by atoms with Crippen LogP contribution in [0.2, 0.25) is 0 Å². The number of hydrogen-bond acceptors (Lipinski definition) is 3. The van der Waals surface area contributed by atoms with Gasteiger partial charge in [0.2, 0.25) is 0 Å². The molecule has 2 heterocycles. The summed E-state index contributed by atoms with van der Waals surface area (Å²) < 4.78 is 3.83. The third kappa shape index (κ3) is 2.25. The Morgan fingerprint density at radius 1 is 1.00 bits per heavy atom. The standard InChI is InChI=1S/C16H19N5/c1-11-9-12(2)20(18-11)16-15(10-17)13(3)19-21(16)14-7-5-4-6-8-14/h4-9H,10,17H2,1-3H3. The molecule has 0 saturated heterocycles. The van der Waals surface area contributed by atoms with Gasteiger partial charge in [-0.1, -0.05) is 18.2 Å². The van der Waals surface area contributed by atoms with Gasteiger partial charge in [0.25, 0.3) is 0 Å². The maximum atomic E-state index is 5.94. The van der Waals surface area contributed by atoms with Crippen molar-refractivity contribution in [1.82, 2.24) is 19.6 Å². The van der Waals surface area contributed by atoms with Gasteiger partial charge in [0.15, 0.2) is 5.82 Å². The zero-order chi connectivity index (χ0) is 15.0. The predicted molar refractivity (Wildman–Crippen MR) is 82.8 cm³/mol. The molecule has 0 unspecified atom stereocenters. The molecule has 0 aliphatic rings. The van der Waals surface area contributed by atoms with E-state index in [9.17, 15) is 0 Å². The number of aromatic nitrogens is 4. The van der Waals surface area contributed by atoms with Gasteiger partial charge in [-0.3, -0.25) is 0 Å². The molecule has 0 atom stereocenters. The van der Waals surface area contributed by atoms with Crippen LogP contribution in [0.5, 0.6) is 0 Å². The third-order valence-electron chi connectivity index (χ3n) is 3.57. The van der Waals surface area contributed by atoms with Crippen LogP contribution in [-0.2, 0) is 6.54 Å². The zero-order valence-corrected chi connectivity index (χ0v) is 12.5. The average Bonchev–Trinajstić information content (AvgIpc) is 2.98. The lowest BCUT2D eigenvalue weighted by Gasteiger charge is -2.10. The highest BCUT2D eigenvalue weighted by molar-refractivity contribution is 5.46. The lowest BCUT2D eigenvalue weighted by Crippen LogP contribution is -2.11. The van der Waals surface area contributed by atoms with Gasteiger partial charge in [0.05, 0.1) is 17.1 Å². The number of nitrogens with zero attached hydrogens (tertiary/aromatic N) is 4. The molecule has 5 nitrogen and oxygen atoms in total. The Morgan fingerprint density at radius 2 is 1.71 bits per heavy atom. The minimum Gasteiger partial charge on any atom is -0.326 e. The molecular weight excluding hydrogens is 262 g/mol. The van der Waals surface area contributed by atoms with Crippen LogP contribution < -0.4 is 5.73 Å². The summed E-state index contributed by atoms with van der Waals surface area (Å²) in [6.45, 7) is 6.45. The van der Waals surface area contributed by atoms with E-state index < -0.39 is 0 Å². The maximum Gasteiger partial charge on any atom is 0.162 e. The molecule has 3 rings (SSSR count). The monoisotopic (exact) mass is 281 g/mol. The molecule has 21 heavy (non-hydrogen) atoms. The number of benzene rings is 1. The van der Waals surface area contributed by atoms with Gasteiger partial charge in [0, 0.05) is 17.8 Å². The molecule has 3 aromatic rings. The summed E-state index contributed by atoms with van der Waals surface area (Å²) in [5.74, 6) is 0.923. The number of rotatable bonds is 3. The number of para-hydroxylation sites is 1. The second-order valence-corrected chi connectivity index (χ2v) is 5.18. The van der Waals surface area contributed by atoms with Crippen LogP contribution in [-0.4, -0.2) is 19.6 Å². The molecule has 108 valence electrons. The largest absolute Gasteiger partial charge is 0.326 e. The summed E-state index contributed by atoms with van der Waals surface area (Å²) in [6.07, 6.45) is 0. The van der Waals surface area contributed by atoms with Crippen molar-refractivity contribution in [1.29, 1.82) is 0 Å². The molecule has 5 heteroatoms. The molecule has 0 fully saturated rings. The maximum absolute atomic E-state index is 5.94. The molecule has 0 bridgehead atoms. The minimum absolute atomic E-state index is 0.437. The van der Waals surface area contributed by atoms with E-state index in [0.717, 1.165) is 34.2 Å². The molecule has 1 aromatic carbocycles. The van der Waals surface area contributed by atoms with Crippen molar-refractivity contribution in [3.8, 4) is 11.5 Å². The quantitative estimate of drug-likeness (QED) is 0.802. The van der Waals surface area contributed by atoms with E-state index in [1.807, 2.05) is 60.5 Å². The Bertz CT molecular complexity index is 768. The lowest BCUT2D eigenvalue weighted by molar-refractivity contribution is 0.735. The van der Waals surface area contributed by atoms with Gasteiger partial charge < -0.3 is 5.73 Å². The molecule has 2 aromatic heterocycles. The normalized spacial score (nSPS) is 11.0. The smallest absolute Gasteiger partial charge is 0.162 e. The van der Waals surface area contributed by atoms with Gasteiger partial charge in [-0.15, -0.1) is 0 Å². The van der Waals surface area contributed by atoms with Crippen LogP contribution in [0, 0.1) is 20.8 Å². The van der Waals surface area contributed by atoms with Crippen LogP contribution >= 0.6 is 0 Å². The highest BCUT2D eigenvalue weighted by Crippen LogP contribution is 2.23. The number of aryl methyl sites for hydroxylation is 3. The first-order chi connectivity index (χ1) is 10.1. The fraction of sp³-hybridized carbons (Fsp3) is 0.250. The summed E-state index contributed by atoms with van der Waals surface area (Å²) in [5.41, 5.74) is 10.9. The second kappa shape index (κ2) is 5.18. The van der Waals surface area contributed by atoms with Crippen molar-refractivity contribution in [2.24, 2.45) is 5.73 Å². The van der Waals surface area contributed by atoms with Crippen LogP contribution in [0.25, 0.3) is 11.5 Å². The summed E-state index contributed by atoms with van der Waals surface area (Å²) in [4.78, 5) is 0. The molecule has 0 saturated carbocycles. The van der Waals surface area contributed by atoms with E-state index >= 15 is 0 Å². The van der Waals surface area contributed by atoms with Crippen LogP contribution in [0.1, 0.15) is 22.6 Å². The SMILES string of the molecule is Cc1cc(C)n(-c2c(CN)c(C)nn2-c2ccccc2)n1. The van der Waals surface area contributed by atoms with E-state index in [1.165, 1.54) is 0 Å². The van der Waals surface area contributed by atoms with Gasteiger partial charge in [0.1, 0.15) is 0 Å². The highest BCUT2D eigenvalue weighted by Gasteiger charge is 2.19. The Labute approximate surface area is 124 Å².